The Hall–Kier alpha value is -2.38. The Morgan fingerprint density at radius 2 is 1.96 bits per heavy atom. The van der Waals surface area contributed by atoms with Crippen LogP contribution in [0.5, 0.6) is 0 Å². The summed E-state index contributed by atoms with van der Waals surface area (Å²) in [6.45, 7) is 0.469. The smallest absolute Gasteiger partial charge is 0.370 e. The number of esters is 1. The minimum atomic E-state index is -1.15. The van der Waals surface area contributed by atoms with E-state index in [4.69, 9.17) is 14.6 Å². The summed E-state index contributed by atoms with van der Waals surface area (Å²) >= 11 is 0. The van der Waals surface area contributed by atoms with E-state index in [2.05, 4.69) is 4.74 Å². The molecule has 1 heterocycles. The number of ether oxygens (including phenoxy) is 3. The van der Waals surface area contributed by atoms with Crippen molar-refractivity contribution in [1.82, 2.24) is 0 Å². The van der Waals surface area contributed by atoms with Gasteiger partial charge in [0.25, 0.3) is 0 Å². The number of rotatable bonds is 8. The fourth-order valence-corrected chi connectivity index (χ4v) is 2.56. The Morgan fingerprint density at radius 1 is 1.24 bits per heavy atom. The maximum Gasteiger partial charge on any atom is 0.370 e. The minimum absolute atomic E-state index is 0.0876. The van der Waals surface area contributed by atoms with Crippen molar-refractivity contribution in [1.29, 1.82) is 0 Å². The molecule has 25 heavy (non-hydrogen) atoms. The maximum absolute atomic E-state index is 11.5. The lowest BCUT2D eigenvalue weighted by Gasteiger charge is -2.28. The first-order valence-electron chi connectivity index (χ1n) is 8.07. The van der Waals surface area contributed by atoms with Gasteiger partial charge in [-0.15, -0.1) is 0 Å². The summed E-state index contributed by atoms with van der Waals surface area (Å²) in [4.78, 5) is 22.8. The minimum Gasteiger partial charge on any atom is -0.475 e. The lowest BCUT2D eigenvalue weighted by atomic mass is 9.92. The van der Waals surface area contributed by atoms with Crippen LogP contribution in [0, 0.1) is 0 Å². The van der Waals surface area contributed by atoms with Crippen molar-refractivity contribution >= 4 is 11.9 Å². The molecule has 0 aromatic heterocycles. The molecule has 0 radical (unpaired) electrons. The summed E-state index contributed by atoms with van der Waals surface area (Å²) in [5.74, 6) is -1.93. The molecule has 0 fully saturated rings. The van der Waals surface area contributed by atoms with Crippen LogP contribution in [0.1, 0.15) is 41.1 Å². The van der Waals surface area contributed by atoms with E-state index in [1.54, 1.807) is 30.3 Å². The number of aliphatic carboxylic acids is 1. The largest absolute Gasteiger partial charge is 0.475 e. The van der Waals surface area contributed by atoms with Crippen LogP contribution in [-0.4, -0.2) is 48.8 Å². The zero-order chi connectivity index (χ0) is 18.2. The first kappa shape index (κ1) is 19.0. The van der Waals surface area contributed by atoms with Gasteiger partial charge in [-0.3, -0.25) is 0 Å². The predicted molar refractivity (Wildman–Crippen MR) is 88.0 cm³/mol. The highest BCUT2D eigenvalue weighted by Crippen LogP contribution is 2.31. The van der Waals surface area contributed by atoms with Crippen molar-refractivity contribution in [3.63, 3.8) is 0 Å². The fraction of sp³-hybridized carbons (Fsp3) is 0.444. The lowest BCUT2D eigenvalue weighted by Crippen LogP contribution is -2.27. The van der Waals surface area contributed by atoms with Crippen molar-refractivity contribution < 1.29 is 34.0 Å². The normalized spacial score (nSPS) is 19.7. The molecular formula is C18H22O7. The van der Waals surface area contributed by atoms with Crippen LogP contribution >= 0.6 is 0 Å². The van der Waals surface area contributed by atoms with Gasteiger partial charge < -0.3 is 24.4 Å². The van der Waals surface area contributed by atoms with E-state index in [-0.39, 0.29) is 18.3 Å². The number of carboxylic acids is 1. The number of methoxy groups -OCH3 is 1. The number of allylic oxidation sites excluding steroid dienone is 1. The molecule has 0 amide bonds. The second-order valence-corrected chi connectivity index (χ2v) is 5.64. The van der Waals surface area contributed by atoms with Gasteiger partial charge in [0, 0.05) is 18.9 Å². The van der Waals surface area contributed by atoms with Gasteiger partial charge in [0.2, 0.25) is 12.0 Å². The number of hydrogen-bond donors (Lipinski definition) is 2. The fourth-order valence-electron chi connectivity index (χ4n) is 2.56. The summed E-state index contributed by atoms with van der Waals surface area (Å²) in [5.41, 5.74) is 1.29. The molecule has 0 saturated carbocycles. The molecule has 7 nitrogen and oxygen atoms in total. The molecule has 1 aliphatic heterocycles. The number of benzene rings is 1. The Balaban J connectivity index is 2.10. The molecule has 0 spiro atoms. The number of aliphatic hydroxyl groups excluding tert-OH is 1. The number of carboxylic acid groups (broad SMARTS) is 1. The highest BCUT2D eigenvalue weighted by molar-refractivity contribution is 5.89. The number of aliphatic hydroxyl groups is 1. The highest BCUT2D eigenvalue weighted by atomic mass is 16.7. The second kappa shape index (κ2) is 9.19. The molecule has 136 valence electrons. The van der Waals surface area contributed by atoms with Crippen molar-refractivity contribution in [3.8, 4) is 0 Å². The Bertz CT molecular complexity index is 621. The van der Waals surface area contributed by atoms with Gasteiger partial charge >= 0.3 is 11.9 Å². The van der Waals surface area contributed by atoms with E-state index in [0.717, 1.165) is 5.56 Å². The number of unbranched alkanes of at least 4 members (excludes halogenated alkanes) is 1. The zero-order valence-electron chi connectivity index (χ0n) is 14.0. The summed E-state index contributed by atoms with van der Waals surface area (Å²) in [6, 6.07) is 6.81. The summed E-state index contributed by atoms with van der Waals surface area (Å²) in [7, 11) is 1.31. The van der Waals surface area contributed by atoms with E-state index in [1.807, 2.05) is 0 Å². The van der Waals surface area contributed by atoms with Crippen molar-refractivity contribution in [2.45, 2.75) is 31.5 Å². The Morgan fingerprint density at radius 3 is 2.56 bits per heavy atom. The van der Waals surface area contributed by atoms with E-state index >= 15 is 0 Å². The Labute approximate surface area is 145 Å². The summed E-state index contributed by atoms with van der Waals surface area (Å²) < 4.78 is 15.6. The van der Waals surface area contributed by atoms with Gasteiger partial charge in [-0.25, -0.2) is 9.59 Å². The SMILES string of the molecule is COC(=O)c1ccc(C2C=C(C(=O)O)OC(OCCCCO)C2)cc1. The van der Waals surface area contributed by atoms with Crippen LogP contribution in [0.3, 0.4) is 0 Å². The van der Waals surface area contributed by atoms with E-state index < -0.39 is 18.2 Å². The molecule has 2 N–H and O–H groups in total. The molecule has 1 aromatic carbocycles. The molecule has 1 aromatic rings. The monoisotopic (exact) mass is 350 g/mol. The van der Waals surface area contributed by atoms with Gasteiger partial charge in [0.1, 0.15) is 0 Å². The first-order chi connectivity index (χ1) is 12.0. The third-order valence-corrected chi connectivity index (χ3v) is 3.88. The second-order valence-electron chi connectivity index (χ2n) is 5.64. The quantitative estimate of drug-likeness (QED) is 0.546. The third-order valence-electron chi connectivity index (χ3n) is 3.88. The average Bonchev–Trinajstić information content (AvgIpc) is 2.64. The molecule has 0 bridgehead atoms. The topological polar surface area (TPSA) is 102 Å². The number of carbonyl (C=O) groups excluding carboxylic acids is 1. The molecule has 7 heteroatoms. The van der Waals surface area contributed by atoms with Gasteiger partial charge in [0.05, 0.1) is 19.3 Å². The highest BCUT2D eigenvalue weighted by Gasteiger charge is 2.28. The van der Waals surface area contributed by atoms with Gasteiger partial charge in [0.15, 0.2) is 0 Å². The molecule has 2 atom stereocenters. The predicted octanol–water partition coefficient (Wildman–Crippen LogP) is 2.06. The van der Waals surface area contributed by atoms with Crippen LogP contribution in [0.2, 0.25) is 0 Å². The third kappa shape index (κ3) is 5.30. The van der Waals surface area contributed by atoms with Gasteiger partial charge in [-0.1, -0.05) is 12.1 Å². The lowest BCUT2D eigenvalue weighted by molar-refractivity contribution is -0.157. The van der Waals surface area contributed by atoms with Crippen LogP contribution < -0.4 is 0 Å². The molecule has 0 aliphatic carbocycles. The molecule has 2 rings (SSSR count). The summed E-state index contributed by atoms with van der Waals surface area (Å²) in [6.07, 6.45) is 2.63. The van der Waals surface area contributed by atoms with Crippen LogP contribution in [-0.2, 0) is 19.0 Å². The van der Waals surface area contributed by atoms with Crippen LogP contribution in [0.15, 0.2) is 36.1 Å². The molecule has 1 aliphatic rings. The maximum atomic E-state index is 11.5. The van der Waals surface area contributed by atoms with Crippen LogP contribution in [0.4, 0.5) is 0 Å². The van der Waals surface area contributed by atoms with E-state index in [1.165, 1.54) is 7.11 Å². The summed E-state index contributed by atoms with van der Waals surface area (Å²) in [5, 5.41) is 18.0. The first-order valence-corrected chi connectivity index (χ1v) is 8.07. The van der Waals surface area contributed by atoms with Gasteiger partial charge in [-0.2, -0.15) is 0 Å². The van der Waals surface area contributed by atoms with Crippen molar-refractivity contribution in [2.75, 3.05) is 20.3 Å². The standard InChI is InChI=1S/C18H22O7/c1-23-18(22)13-6-4-12(5-7-13)14-10-15(17(20)21)25-16(11-14)24-9-3-2-8-19/h4-7,10,14,16,19H,2-3,8-9,11H2,1H3,(H,20,21). The van der Waals surface area contributed by atoms with Gasteiger partial charge in [-0.05, 0) is 36.6 Å². The zero-order valence-corrected chi connectivity index (χ0v) is 14.0. The number of carbonyl (C=O) groups is 2. The Kier molecular flexibility index (Phi) is 6.97. The molecule has 2 unspecified atom stereocenters. The van der Waals surface area contributed by atoms with Crippen molar-refractivity contribution in [2.24, 2.45) is 0 Å². The van der Waals surface area contributed by atoms with Crippen molar-refractivity contribution in [3.05, 3.63) is 47.2 Å². The number of hydrogen-bond acceptors (Lipinski definition) is 6. The molecular weight excluding hydrogens is 328 g/mol. The van der Waals surface area contributed by atoms with E-state index in [9.17, 15) is 14.7 Å². The average molecular weight is 350 g/mol. The molecule has 0 saturated heterocycles. The van der Waals surface area contributed by atoms with E-state index in [0.29, 0.717) is 31.4 Å². The van der Waals surface area contributed by atoms with Crippen LogP contribution in [0.25, 0.3) is 0 Å².